The number of halogens is 1. The van der Waals surface area contributed by atoms with Gasteiger partial charge < -0.3 is 10.2 Å². The van der Waals surface area contributed by atoms with E-state index in [2.05, 4.69) is 15.0 Å². The topological polar surface area (TPSA) is 73.8 Å². The number of aliphatic imine (C=N–C) groups is 1. The molecule has 0 unspecified atom stereocenters. The van der Waals surface area contributed by atoms with E-state index in [0.717, 1.165) is 11.1 Å². The Morgan fingerprint density at radius 2 is 1.67 bits per heavy atom. The van der Waals surface area contributed by atoms with Gasteiger partial charge in [-0.1, -0.05) is 24.3 Å². The molecule has 2 aromatic carbocycles. The Bertz CT molecular complexity index is 866. The summed E-state index contributed by atoms with van der Waals surface area (Å²) in [6.45, 7) is 3.70. The van der Waals surface area contributed by atoms with Crippen LogP contribution in [-0.4, -0.2) is 39.9 Å². The third-order valence-electron chi connectivity index (χ3n) is 3.94. The highest BCUT2D eigenvalue weighted by Gasteiger charge is 2.11. The third-order valence-corrected chi connectivity index (χ3v) is 5.37. The minimum Gasteiger partial charge on any atom is -0.357 e. The average Bonchev–Trinajstić information content (AvgIpc) is 2.67. The fourth-order valence-electron chi connectivity index (χ4n) is 2.47. The van der Waals surface area contributed by atoms with Gasteiger partial charge in [-0.15, -0.1) is 0 Å². The van der Waals surface area contributed by atoms with Crippen LogP contribution in [-0.2, 0) is 23.1 Å². The minimum absolute atomic E-state index is 0.220. The highest BCUT2D eigenvalue weighted by molar-refractivity contribution is 7.89. The van der Waals surface area contributed by atoms with Gasteiger partial charge in [0.05, 0.1) is 11.4 Å². The lowest BCUT2D eigenvalue weighted by Gasteiger charge is -2.22. The minimum atomic E-state index is -3.44. The van der Waals surface area contributed by atoms with Crippen molar-refractivity contribution in [2.45, 2.75) is 24.9 Å². The summed E-state index contributed by atoms with van der Waals surface area (Å²) < 4.78 is 38.9. The van der Waals surface area contributed by atoms with Crippen molar-refractivity contribution in [1.29, 1.82) is 0 Å². The van der Waals surface area contributed by atoms with Gasteiger partial charge in [-0.3, -0.25) is 0 Å². The number of guanidine groups is 1. The van der Waals surface area contributed by atoms with Gasteiger partial charge in [0.15, 0.2) is 5.96 Å². The molecule has 6 nitrogen and oxygen atoms in total. The molecule has 2 N–H and O–H groups in total. The number of sulfonamides is 1. The number of hydrogen-bond acceptors (Lipinski definition) is 3. The molecule has 0 bridgehead atoms. The van der Waals surface area contributed by atoms with Crippen molar-refractivity contribution >= 4 is 16.0 Å². The lowest BCUT2D eigenvalue weighted by molar-refractivity contribution is 0.476. The molecule has 0 saturated heterocycles. The van der Waals surface area contributed by atoms with Crippen LogP contribution in [0, 0.1) is 5.82 Å². The first-order valence-electron chi connectivity index (χ1n) is 8.62. The predicted molar refractivity (Wildman–Crippen MR) is 105 cm³/mol. The van der Waals surface area contributed by atoms with Crippen LogP contribution in [0.3, 0.4) is 0 Å². The molecule has 2 rings (SSSR count). The van der Waals surface area contributed by atoms with Crippen molar-refractivity contribution in [3.05, 3.63) is 65.5 Å². The van der Waals surface area contributed by atoms with Crippen LogP contribution in [0.15, 0.2) is 58.4 Å². The Labute approximate surface area is 160 Å². The molecule has 0 spiro atoms. The maximum atomic E-state index is 13.0. The van der Waals surface area contributed by atoms with Crippen molar-refractivity contribution in [3.8, 4) is 0 Å². The smallest absolute Gasteiger partial charge is 0.240 e. The summed E-state index contributed by atoms with van der Waals surface area (Å²) in [7, 11) is -0.147. The highest BCUT2D eigenvalue weighted by atomic mass is 32.2. The quantitative estimate of drug-likeness (QED) is 0.560. The molecule has 27 heavy (non-hydrogen) atoms. The van der Waals surface area contributed by atoms with E-state index in [-0.39, 0.29) is 10.7 Å². The summed E-state index contributed by atoms with van der Waals surface area (Å²) in [6, 6.07) is 13.0. The van der Waals surface area contributed by atoms with Crippen LogP contribution < -0.4 is 10.0 Å². The monoisotopic (exact) mass is 392 g/mol. The fourth-order valence-corrected chi connectivity index (χ4v) is 3.20. The van der Waals surface area contributed by atoms with E-state index in [9.17, 15) is 12.8 Å². The van der Waals surface area contributed by atoms with Gasteiger partial charge in [0.25, 0.3) is 0 Å². The molecule has 0 amide bonds. The predicted octanol–water partition coefficient (Wildman–Crippen LogP) is 2.33. The van der Waals surface area contributed by atoms with E-state index in [1.165, 1.54) is 19.2 Å². The van der Waals surface area contributed by atoms with E-state index in [1.54, 1.807) is 36.4 Å². The molecule has 0 saturated carbocycles. The molecule has 0 aliphatic carbocycles. The highest BCUT2D eigenvalue weighted by Crippen LogP contribution is 2.11. The summed E-state index contributed by atoms with van der Waals surface area (Å²) in [5, 5.41) is 3.22. The molecule has 0 fully saturated rings. The van der Waals surface area contributed by atoms with Crippen molar-refractivity contribution in [1.82, 2.24) is 14.9 Å². The molecular formula is C19H25FN4O2S. The van der Waals surface area contributed by atoms with Gasteiger partial charge in [0.1, 0.15) is 5.82 Å². The summed E-state index contributed by atoms with van der Waals surface area (Å²) in [6.07, 6.45) is 0. The largest absolute Gasteiger partial charge is 0.357 e. The van der Waals surface area contributed by atoms with E-state index < -0.39 is 10.0 Å². The molecule has 146 valence electrons. The first-order valence-corrected chi connectivity index (χ1v) is 10.1. The van der Waals surface area contributed by atoms with Gasteiger partial charge in [-0.2, -0.15) is 0 Å². The number of rotatable bonds is 7. The van der Waals surface area contributed by atoms with Gasteiger partial charge >= 0.3 is 0 Å². The van der Waals surface area contributed by atoms with Crippen molar-refractivity contribution < 1.29 is 12.8 Å². The zero-order valence-electron chi connectivity index (χ0n) is 15.7. The molecule has 0 aliphatic heterocycles. The second-order valence-corrected chi connectivity index (χ2v) is 7.89. The maximum Gasteiger partial charge on any atom is 0.240 e. The molecule has 0 aliphatic rings. The molecule has 2 aromatic rings. The first-order chi connectivity index (χ1) is 12.9. The van der Waals surface area contributed by atoms with Crippen molar-refractivity contribution in [3.63, 3.8) is 0 Å². The number of benzene rings is 2. The summed E-state index contributed by atoms with van der Waals surface area (Å²) >= 11 is 0. The second-order valence-electron chi connectivity index (χ2n) is 6.00. The summed E-state index contributed by atoms with van der Waals surface area (Å²) in [5.74, 6) is 0.458. The van der Waals surface area contributed by atoms with E-state index in [1.807, 2.05) is 18.9 Å². The lowest BCUT2D eigenvalue weighted by Crippen LogP contribution is -2.38. The molecule has 8 heteroatoms. The van der Waals surface area contributed by atoms with Crippen molar-refractivity contribution in [2.75, 3.05) is 20.6 Å². The van der Waals surface area contributed by atoms with Crippen LogP contribution in [0.2, 0.25) is 0 Å². The number of nitrogens with zero attached hydrogens (tertiary/aromatic N) is 2. The fraction of sp³-hybridized carbons (Fsp3) is 0.316. The summed E-state index contributed by atoms with van der Waals surface area (Å²) in [4.78, 5) is 6.78. The lowest BCUT2D eigenvalue weighted by atomic mass is 10.2. The molecular weight excluding hydrogens is 367 g/mol. The second kappa shape index (κ2) is 9.48. The molecule has 0 radical (unpaired) electrons. The average molecular weight is 393 g/mol. The Hall–Kier alpha value is -2.45. The van der Waals surface area contributed by atoms with Crippen LogP contribution >= 0.6 is 0 Å². The van der Waals surface area contributed by atoms with Crippen LogP contribution in [0.4, 0.5) is 4.39 Å². The Kier molecular flexibility index (Phi) is 7.32. The normalized spacial score (nSPS) is 12.1. The Morgan fingerprint density at radius 3 is 2.22 bits per heavy atom. The number of hydrogen-bond donors (Lipinski definition) is 2. The van der Waals surface area contributed by atoms with Crippen LogP contribution in [0.1, 0.15) is 18.1 Å². The van der Waals surface area contributed by atoms with E-state index in [4.69, 9.17) is 0 Å². The van der Waals surface area contributed by atoms with Gasteiger partial charge in [0, 0.05) is 20.1 Å². The van der Waals surface area contributed by atoms with Crippen molar-refractivity contribution in [2.24, 2.45) is 4.99 Å². The first kappa shape index (κ1) is 20.9. The SMILES string of the molecule is CCNC(=NCc1ccc(S(=O)(=O)NC)cc1)N(C)Cc1ccc(F)cc1. The van der Waals surface area contributed by atoms with Crippen LogP contribution in [0.25, 0.3) is 0 Å². The van der Waals surface area contributed by atoms with E-state index >= 15 is 0 Å². The Balaban J connectivity index is 2.09. The molecule has 0 aromatic heterocycles. The molecule has 0 atom stereocenters. The van der Waals surface area contributed by atoms with Gasteiger partial charge in [0.2, 0.25) is 10.0 Å². The maximum absolute atomic E-state index is 13.0. The molecule has 0 heterocycles. The zero-order valence-corrected chi connectivity index (χ0v) is 16.6. The summed E-state index contributed by atoms with van der Waals surface area (Å²) in [5.41, 5.74) is 1.88. The standard InChI is InChI=1S/C19H25FN4O2S/c1-4-22-19(24(3)14-16-5-9-17(20)10-6-16)23-13-15-7-11-18(12-8-15)27(25,26)21-2/h5-12,21H,4,13-14H2,1-3H3,(H,22,23). The Morgan fingerprint density at radius 1 is 1.07 bits per heavy atom. The van der Waals surface area contributed by atoms with Gasteiger partial charge in [-0.05, 0) is 49.4 Å². The van der Waals surface area contributed by atoms with E-state index in [0.29, 0.717) is 25.6 Å². The van der Waals surface area contributed by atoms with Gasteiger partial charge in [-0.25, -0.2) is 22.5 Å². The third kappa shape index (κ3) is 6.04. The zero-order chi connectivity index (χ0) is 19.9. The number of nitrogens with one attached hydrogen (secondary N) is 2. The van der Waals surface area contributed by atoms with Crippen LogP contribution in [0.5, 0.6) is 0 Å².